The van der Waals surface area contributed by atoms with E-state index in [-0.39, 0.29) is 17.9 Å². The van der Waals surface area contributed by atoms with Crippen LogP contribution in [-0.2, 0) is 24.3 Å². The van der Waals surface area contributed by atoms with Gasteiger partial charge < -0.3 is 24.0 Å². The lowest BCUT2D eigenvalue weighted by Gasteiger charge is -2.50. The number of nitrogens with zero attached hydrogens (tertiary/aromatic N) is 3. The number of rotatable bonds is 3. The van der Waals surface area contributed by atoms with Crippen LogP contribution >= 0.6 is 0 Å². The Morgan fingerprint density at radius 1 is 0.971 bits per heavy atom. The van der Waals surface area contributed by atoms with Crippen LogP contribution in [0.25, 0.3) is 0 Å². The van der Waals surface area contributed by atoms with Gasteiger partial charge in [0.05, 0.1) is 11.2 Å². The lowest BCUT2D eigenvalue weighted by Crippen LogP contribution is -2.66. The lowest BCUT2D eigenvalue weighted by molar-refractivity contribution is -0.142. The summed E-state index contributed by atoms with van der Waals surface area (Å²) in [6, 6.07) is 7.05. The largest absolute Gasteiger partial charge is 0.494 e. The maximum atomic E-state index is 14.0. The summed E-state index contributed by atoms with van der Waals surface area (Å²) in [5.74, 6) is 0.198. The van der Waals surface area contributed by atoms with Gasteiger partial charge in [-0.1, -0.05) is 18.6 Å². The molecule has 35 heavy (non-hydrogen) atoms. The van der Waals surface area contributed by atoms with Crippen molar-refractivity contribution in [2.45, 2.75) is 95.4 Å². The molecule has 4 heterocycles. The minimum absolute atomic E-state index is 0.0334. The van der Waals surface area contributed by atoms with Crippen molar-refractivity contribution >= 4 is 30.1 Å². The molecule has 1 aliphatic carbocycles. The average molecular weight is 479 g/mol. The second-order valence-corrected chi connectivity index (χ2v) is 12.4. The van der Waals surface area contributed by atoms with Crippen molar-refractivity contribution in [3.8, 4) is 0 Å². The number of carbonyl (C=O) groups excluding carboxylic acids is 2. The maximum Gasteiger partial charge on any atom is 0.494 e. The zero-order chi connectivity index (χ0) is 24.8. The highest BCUT2D eigenvalue weighted by molar-refractivity contribution is 6.62. The van der Waals surface area contributed by atoms with Crippen LogP contribution in [0.2, 0.25) is 0 Å². The summed E-state index contributed by atoms with van der Waals surface area (Å²) in [5.41, 5.74) is 1.56. The van der Waals surface area contributed by atoms with E-state index in [4.69, 9.17) is 9.31 Å². The van der Waals surface area contributed by atoms with Crippen molar-refractivity contribution in [3.63, 3.8) is 0 Å². The fourth-order valence-electron chi connectivity index (χ4n) is 6.58. The van der Waals surface area contributed by atoms with Gasteiger partial charge in [0, 0.05) is 37.8 Å². The van der Waals surface area contributed by atoms with E-state index in [1.807, 2.05) is 6.07 Å². The molecule has 6 rings (SSSR count). The van der Waals surface area contributed by atoms with Crippen LogP contribution in [0, 0.1) is 0 Å². The molecule has 0 unspecified atom stereocenters. The third-order valence-corrected chi connectivity index (χ3v) is 9.68. The van der Waals surface area contributed by atoms with Gasteiger partial charge in [-0.25, -0.2) is 0 Å². The number of hydrogen-bond donors (Lipinski definition) is 0. The molecule has 1 aromatic carbocycles. The van der Waals surface area contributed by atoms with E-state index in [1.54, 1.807) is 11.8 Å². The van der Waals surface area contributed by atoms with E-state index in [0.717, 1.165) is 29.6 Å². The van der Waals surface area contributed by atoms with Gasteiger partial charge in [-0.3, -0.25) is 9.59 Å². The van der Waals surface area contributed by atoms with E-state index in [0.29, 0.717) is 19.1 Å². The van der Waals surface area contributed by atoms with Crippen LogP contribution in [0.1, 0.15) is 72.3 Å². The number of carbonyl (C=O) groups is 2. The van der Waals surface area contributed by atoms with Gasteiger partial charge in [-0.05, 0) is 83.6 Å². The number of hydrogen-bond acceptors (Lipinski definition) is 5. The van der Waals surface area contributed by atoms with Gasteiger partial charge in [0.1, 0.15) is 5.41 Å². The molecule has 4 fully saturated rings. The number of amides is 2. The molecular formula is C27H38BN3O4. The highest BCUT2D eigenvalue weighted by Crippen LogP contribution is 2.50. The topological polar surface area (TPSA) is 62.3 Å². The van der Waals surface area contributed by atoms with Crippen LogP contribution in [0.15, 0.2) is 18.2 Å². The van der Waals surface area contributed by atoms with Gasteiger partial charge >= 0.3 is 7.12 Å². The number of fused-ring (bicyclic) bond motifs is 2. The van der Waals surface area contributed by atoms with Gasteiger partial charge in [-0.15, -0.1) is 0 Å². The summed E-state index contributed by atoms with van der Waals surface area (Å²) in [6.45, 7) is 13.1. The zero-order valence-corrected chi connectivity index (χ0v) is 21.8. The van der Waals surface area contributed by atoms with Gasteiger partial charge in [-0.2, -0.15) is 0 Å². The van der Waals surface area contributed by atoms with Crippen LogP contribution in [0.4, 0.5) is 5.69 Å². The molecule has 1 spiro atoms. The van der Waals surface area contributed by atoms with Crippen LogP contribution in [0.3, 0.4) is 0 Å². The molecule has 0 atom stereocenters. The van der Waals surface area contributed by atoms with Crippen molar-refractivity contribution in [1.82, 2.24) is 9.80 Å². The van der Waals surface area contributed by atoms with Crippen molar-refractivity contribution in [2.24, 2.45) is 0 Å². The first kappa shape index (κ1) is 23.5. The molecule has 0 bridgehead atoms. The Bertz CT molecular complexity index is 1040. The molecule has 5 aliphatic rings. The molecule has 0 radical (unpaired) electrons. The Morgan fingerprint density at radius 3 is 2.20 bits per heavy atom. The van der Waals surface area contributed by atoms with Crippen molar-refractivity contribution in [3.05, 3.63) is 23.8 Å². The first-order chi connectivity index (χ1) is 16.5. The SMILES string of the molecule is CC(=O)N1CC2(C1)C(=O)N([C@H]1C[C@@H](N3CCCCC3)C1)c1cc(B3OC(C)(C)C(C)(C)O3)ccc12. The van der Waals surface area contributed by atoms with Crippen molar-refractivity contribution in [1.29, 1.82) is 0 Å². The fraction of sp³-hybridized carbons (Fsp3) is 0.704. The summed E-state index contributed by atoms with van der Waals surface area (Å²) in [4.78, 5) is 32.5. The van der Waals surface area contributed by atoms with Gasteiger partial charge in [0.25, 0.3) is 0 Å². The highest BCUT2D eigenvalue weighted by atomic mass is 16.7. The molecule has 7 nitrogen and oxygen atoms in total. The summed E-state index contributed by atoms with van der Waals surface area (Å²) >= 11 is 0. The predicted octanol–water partition coefficient (Wildman–Crippen LogP) is 2.45. The predicted molar refractivity (Wildman–Crippen MR) is 136 cm³/mol. The Balaban J connectivity index is 1.30. The minimum atomic E-state index is -0.605. The molecule has 0 aromatic heterocycles. The molecule has 2 amide bonds. The third-order valence-electron chi connectivity index (χ3n) is 9.68. The maximum absolute atomic E-state index is 14.0. The standard InChI is InChI=1S/C27H38BN3O4/c1-18(32)30-16-27(17-30)22-10-9-19(28-34-25(2,3)26(4,5)35-28)13-23(22)31(24(27)33)21-14-20(15-21)29-11-7-6-8-12-29/h9-10,13,20-21H,6-8,11-12,14-17H2,1-5H3/t20-,21+. The van der Waals surface area contributed by atoms with E-state index < -0.39 is 23.7 Å². The smallest absolute Gasteiger partial charge is 0.399 e. The van der Waals surface area contributed by atoms with Crippen LogP contribution in [-0.4, -0.2) is 78.2 Å². The molecule has 1 aromatic rings. The average Bonchev–Trinajstić information content (AvgIpc) is 3.12. The second-order valence-electron chi connectivity index (χ2n) is 12.4. The van der Waals surface area contributed by atoms with Crippen LogP contribution < -0.4 is 10.4 Å². The number of piperidine rings is 1. The Kier molecular flexibility index (Phi) is 5.24. The summed E-state index contributed by atoms with van der Waals surface area (Å²) < 4.78 is 12.6. The fourth-order valence-corrected chi connectivity index (χ4v) is 6.58. The molecule has 8 heteroatoms. The summed E-state index contributed by atoms with van der Waals surface area (Å²) in [7, 11) is -0.462. The van der Waals surface area contributed by atoms with E-state index >= 15 is 0 Å². The van der Waals surface area contributed by atoms with Gasteiger partial charge in [0.15, 0.2) is 0 Å². The second kappa shape index (κ2) is 7.80. The van der Waals surface area contributed by atoms with Gasteiger partial charge in [0.2, 0.25) is 11.8 Å². The molecule has 0 N–H and O–H groups in total. The van der Waals surface area contributed by atoms with Crippen molar-refractivity contribution in [2.75, 3.05) is 31.1 Å². The van der Waals surface area contributed by atoms with Crippen LogP contribution in [0.5, 0.6) is 0 Å². The Morgan fingerprint density at radius 2 is 1.60 bits per heavy atom. The molecular weight excluding hydrogens is 441 g/mol. The van der Waals surface area contributed by atoms with E-state index in [1.165, 1.54) is 32.4 Å². The van der Waals surface area contributed by atoms with E-state index in [9.17, 15) is 9.59 Å². The highest BCUT2D eigenvalue weighted by Gasteiger charge is 2.61. The summed E-state index contributed by atoms with van der Waals surface area (Å²) in [6.07, 6.45) is 5.96. The first-order valence-corrected chi connectivity index (χ1v) is 13.4. The molecule has 3 saturated heterocycles. The number of likely N-dealkylation sites (tertiary alicyclic amines) is 2. The van der Waals surface area contributed by atoms with Crippen molar-refractivity contribution < 1.29 is 18.9 Å². The first-order valence-electron chi connectivity index (χ1n) is 13.4. The summed E-state index contributed by atoms with van der Waals surface area (Å²) in [5, 5.41) is 0. The molecule has 188 valence electrons. The lowest BCUT2D eigenvalue weighted by atomic mass is 9.72. The number of anilines is 1. The number of benzene rings is 1. The Labute approximate surface area is 209 Å². The molecule has 1 saturated carbocycles. The monoisotopic (exact) mass is 479 g/mol. The zero-order valence-electron chi connectivity index (χ0n) is 21.8. The quantitative estimate of drug-likeness (QED) is 0.624. The van der Waals surface area contributed by atoms with E-state index in [2.05, 4.69) is 49.6 Å². The normalized spacial score (nSPS) is 30.9. The third kappa shape index (κ3) is 3.43. The molecule has 4 aliphatic heterocycles. The Hall–Kier alpha value is -1.90. The minimum Gasteiger partial charge on any atom is -0.399 e.